The van der Waals surface area contributed by atoms with Crippen molar-refractivity contribution in [2.24, 2.45) is 5.92 Å². The van der Waals surface area contributed by atoms with Gasteiger partial charge in [-0.05, 0) is 37.0 Å². The smallest absolute Gasteiger partial charge is 0.241 e. The van der Waals surface area contributed by atoms with E-state index in [0.29, 0.717) is 18.2 Å². The van der Waals surface area contributed by atoms with Crippen LogP contribution >= 0.6 is 0 Å². The summed E-state index contributed by atoms with van der Waals surface area (Å²) in [4.78, 5) is 0.234. The Hall–Kier alpha value is -1.73. The van der Waals surface area contributed by atoms with Gasteiger partial charge in [-0.3, -0.25) is 0 Å². The molecule has 0 radical (unpaired) electrons. The van der Waals surface area contributed by atoms with Gasteiger partial charge in [0.2, 0.25) is 21.8 Å². The van der Waals surface area contributed by atoms with Gasteiger partial charge < -0.3 is 4.42 Å². The van der Waals surface area contributed by atoms with E-state index in [9.17, 15) is 8.42 Å². The third-order valence-electron chi connectivity index (χ3n) is 3.14. The molecule has 0 aliphatic heterocycles. The summed E-state index contributed by atoms with van der Waals surface area (Å²) in [7, 11) is -3.64. The molecule has 0 amide bonds. The first kappa shape index (κ1) is 16.6. The Labute approximate surface area is 131 Å². The van der Waals surface area contributed by atoms with Crippen molar-refractivity contribution in [1.29, 1.82) is 0 Å². The SMILES string of the molecule is Cc1cccc(S(=O)(=O)NC(CC(C)C)c2nnc(C)o2)c1. The maximum Gasteiger partial charge on any atom is 0.241 e. The summed E-state index contributed by atoms with van der Waals surface area (Å²) in [6.07, 6.45) is 0.576. The lowest BCUT2D eigenvalue weighted by molar-refractivity contribution is 0.372. The molecule has 1 aromatic heterocycles. The molecule has 0 aliphatic rings. The highest BCUT2D eigenvalue weighted by Crippen LogP contribution is 2.23. The van der Waals surface area contributed by atoms with Crippen LogP contribution in [-0.4, -0.2) is 18.6 Å². The van der Waals surface area contributed by atoms with Crippen LogP contribution in [0.3, 0.4) is 0 Å². The van der Waals surface area contributed by atoms with Crippen molar-refractivity contribution >= 4 is 10.0 Å². The quantitative estimate of drug-likeness (QED) is 0.883. The number of aryl methyl sites for hydroxylation is 2. The molecule has 0 spiro atoms. The molecule has 1 aromatic carbocycles. The molecule has 6 nitrogen and oxygen atoms in total. The second kappa shape index (κ2) is 6.58. The number of rotatable bonds is 6. The Kier molecular flexibility index (Phi) is 4.97. The molecule has 2 rings (SSSR count). The van der Waals surface area contributed by atoms with E-state index in [0.717, 1.165) is 5.56 Å². The lowest BCUT2D eigenvalue weighted by atomic mass is 10.0. The lowest BCUT2D eigenvalue weighted by Crippen LogP contribution is -2.30. The van der Waals surface area contributed by atoms with Crippen molar-refractivity contribution < 1.29 is 12.8 Å². The van der Waals surface area contributed by atoms with Crippen LogP contribution in [0.15, 0.2) is 33.6 Å². The Bertz CT molecular complexity index is 738. The second-order valence-electron chi connectivity index (χ2n) is 5.78. The fourth-order valence-electron chi connectivity index (χ4n) is 2.16. The first-order chi connectivity index (χ1) is 10.3. The molecule has 0 aliphatic carbocycles. The molecular weight excluding hydrogens is 302 g/mol. The van der Waals surface area contributed by atoms with Crippen molar-refractivity contribution in [1.82, 2.24) is 14.9 Å². The van der Waals surface area contributed by atoms with Gasteiger partial charge in [-0.25, -0.2) is 8.42 Å². The lowest BCUT2D eigenvalue weighted by Gasteiger charge is -2.17. The van der Waals surface area contributed by atoms with Crippen molar-refractivity contribution in [3.05, 3.63) is 41.6 Å². The minimum absolute atomic E-state index is 0.234. The van der Waals surface area contributed by atoms with Crippen LogP contribution in [-0.2, 0) is 10.0 Å². The fourth-order valence-corrected chi connectivity index (χ4v) is 3.47. The topological polar surface area (TPSA) is 85.1 Å². The number of hydrogen-bond acceptors (Lipinski definition) is 5. The van der Waals surface area contributed by atoms with E-state index in [1.807, 2.05) is 26.8 Å². The Morgan fingerprint density at radius 2 is 1.95 bits per heavy atom. The van der Waals surface area contributed by atoms with Gasteiger partial charge in [0.25, 0.3) is 0 Å². The third kappa shape index (κ3) is 4.14. The molecule has 0 bridgehead atoms. The van der Waals surface area contributed by atoms with Crippen LogP contribution in [0.25, 0.3) is 0 Å². The molecule has 0 fully saturated rings. The molecule has 1 heterocycles. The normalized spacial score (nSPS) is 13.5. The van der Waals surface area contributed by atoms with Gasteiger partial charge >= 0.3 is 0 Å². The van der Waals surface area contributed by atoms with Gasteiger partial charge in [0.15, 0.2) is 0 Å². The van der Waals surface area contributed by atoms with E-state index < -0.39 is 16.1 Å². The summed E-state index contributed by atoms with van der Waals surface area (Å²) in [5.74, 6) is 0.985. The van der Waals surface area contributed by atoms with Crippen molar-refractivity contribution in [2.75, 3.05) is 0 Å². The van der Waals surface area contributed by atoms with E-state index in [4.69, 9.17) is 4.42 Å². The molecule has 0 saturated heterocycles. The zero-order valence-electron chi connectivity index (χ0n) is 13.2. The standard InChI is InChI=1S/C15H21N3O3S/c1-10(2)8-14(15-17-16-12(4)21-15)18-22(19,20)13-7-5-6-11(3)9-13/h5-7,9-10,14,18H,8H2,1-4H3. The highest BCUT2D eigenvalue weighted by Gasteiger charge is 2.26. The number of nitrogens with zero attached hydrogens (tertiary/aromatic N) is 2. The van der Waals surface area contributed by atoms with E-state index in [-0.39, 0.29) is 10.8 Å². The first-order valence-corrected chi connectivity index (χ1v) is 8.65. The van der Waals surface area contributed by atoms with Gasteiger partial charge in [0.05, 0.1) is 4.90 Å². The summed E-state index contributed by atoms with van der Waals surface area (Å²) in [5, 5.41) is 7.73. The average Bonchev–Trinajstić information content (AvgIpc) is 2.84. The summed E-state index contributed by atoms with van der Waals surface area (Å²) >= 11 is 0. The number of aromatic nitrogens is 2. The van der Waals surface area contributed by atoms with Crippen LogP contribution in [0.1, 0.15) is 43.7 Å². The van der Waals surface area contributed by atoms with E-state index in [2.05, 4.69) is 14.9 Å². The van der Waals surface area contributed by atoms with Gasteiger partial charge in [0, 0.05) is 6.92 Å². The van der Waals surface area contributed by atoms with Crippen molar-refractivity contribution in [3.63, 3.8) is 0 Å². The molecule has 22 heavy (non-hydrogen) atoms. The summed E-state index contributed by atoms with van der Waals surface area (Å²) < 4.78 is 33.2. The minimum Gasteiger partial charge on any atom is -0.424 e. The van der Waals surface area contributed by atoms with Crippen molar-refractivity contribution in [3.8, 4) is 0 Å². The maximum absolute atomic E-state index is 12.6. The Balaban J connectivity index is 2.29. The fraction of sp³-hybridized carbons (Fsp3) is 0.467. The summed E-state index contributed by atoms with van der Waals surface area (Å²) in [5.41, 5.74) is 0.886. The number of benzene rings is 1. The van der Waals surface area contributed by atoms with Crippen molar-refractivity contribution in [2.45, 2.75) is 45.1 Å². The van der Waals surface area contributed by atoms with E-state index >= 15 is 0 Å². The average molecular weight is 323 g/mol. The van der Waals surface area contributed by atoms with Crippen LogP contribution < -0.4 is 4.72 Å². The van der Waals surface area contributed by atoms with Gasteiger partial charge in [-0.15, -0.1) is 10.2 Å². The highest BCUT2D eigenvalue weighted by atomic mass is 32.2. The van der Waals surface area contributed by atoms with Crippen LogP contribution in [0, 0.1) is 19.8 Å². The molecular formula is C15H21N3O3S. The zero-order chi connectivity index (χ0) is 16.3. The minimum atomic E-state index is -3.64. The van der Waals surface area contributed by atoms with Crippen LogP contribution in [0.5, 0.6) is 0 Å². The van der Waals surface area contributed by atoms with E-state index in [1.165, 1.54) is 0 Å². The van der Waals surface area contributed by atoms with Crippen LogP contribution in [0.2, 0.25) is 0 Å². The predicted octanol–water partition coefficient (Wildman–Crippen LogP) is 2.75. The Morgan fingerprint density at radius 3 is 2.50 bits per heavy atom. The van der Waals surface area contributed by atoms with E-state index in [1.54, 1.807) is 25.1 Å². The highest BCUT2D eigenvalue weighted by molar-refractivity contribution is 7.89. The maximum atomic E-state index is 12.6. The zero-order valence-corrected chi connectivity index (χ0v) is 14.0. The second-order valence-corrected chi connectivity index (χ2v) is 7.49. The molecule has 1 unspecified atom stereocenters. The number of nitrogens with one attached hydrogen (secondary N) is 1. The summed E-state index contributed by atoms with van der Waals surface area (Å²) in [6, 6.07) is 6.24. The van der Waals surface area contributed by atoms with Gasteiger partial charge in [-0.1, -0.05) is 26.0 Å². The van der Waals surface area contributed by atoms with Gasteiger partial charge in [-0.2, -0.15) is 4.72 Å². The first-order valence-electron chi connectivity index (χ1n) is 7.17. The molecule has 1 N–H and O–H groups in total. The molecule has 120 valence electrons. The summed E-state index contributed by atoms with van der Waals surface area (Å²) in [6.45, 7) is 7.55. The molecule has 0 saturated carbocycles. The number of sulfonamides is 1. The van der Waals surface area contributed by atoms with Crippen LogP contribution in [0.4, 0.5) is 0 Å². The third-order valence-corrected chi connectivity index (χ3v) is 4.61. The van der Waals surface area contributed by atoms with Gasteiger partial charge in [0.1, 0.15) is 6.04 Å². The monoisotopic (exact) mass is 323 g/mol. The predicted molar refractivity (Wildman–Crippen MR) is 82.7 cm³/mol. The molecule has 1 atom stereocenters. The molecule has 7 heteroatoms. The number of hydrogen-bond donors (Lipinski definition) is 1. The Morgan fingerprint density at radius 1 is 1.23 bits per heavy atom. The molecule has 2 aromatic rings. The largest absolute Gasteiger partial charge is 0.424 e.